The Hall–Kier alpha value is -4.10. The highest BCUT2D eigenvalue weighted by Gasteiger charge is 2.34. The van der Waals surface area contributed by atoms with Gasteiger partial charge in [0.2, 0.25) is 0 Å². The van der Waals surface area contributed by atoms with Crippen LogP contribution in [0.15, 0.2) is 60.7 Å². The molecule has 0 radical (unpaired) electrons. The van der Waals surface area contributed by atoms with Crippen molar-refractivity contribution in [3.63, 3.8) is 0 Å². The van der Waals surface area contributed by atoms with Gasteiger partial charge in [0.25, 0.3) is 23.6 Å². The highest BCUT2D eigenvalue weighted by atomic mass is 33.1. The molecule has 0 saturated heterocycles. The first-order chi connectivity index (χ1) is 23.8. The number of carbonyl (C=O) groups excluding carboxylic acids is 4. The van der Waals surface area contributed by atoms with Crippen molar-refractivity contribution in [2.75, 3.05) is 82.6 Å². The number of hydrogen-bond acceptors (Lipinski definition) is 10. The predicted molar refractivity (Wildman–Crippen MR) is 202 cm³/mol. The summed E-state index contributed by atoms with van der Waals surface area (Å²) in [4.78, 5) is 58.8. The minimum atomic E-state index is -0.287. The molecule has 3 N–H and O–H groups in total. The molecule has 0 unspecified atom stereocenters. The van der Waals surface area contributed by atoms with E-state index < -0.39 is 0 Å². The van der Waals surface area contributed by atoms with Crippen LogP contribution in [0, 0.1) is 0 Å². The van der Waals surface area contributed by atoms with E-state index in [1.165, 1.54) is 31.4 Å². The van der Waals surface area contributed by atoms with Crippen molar-refractivity contribution in [2.24, 2.45) is 0 Å². The third-order valence-corrected chi connectivity index (χ3v) is 11.2. The Balaban J connectivity index is 1.03. The van der Waals surface area contributed by atoms with Gasteiger partial charge in [0.1, 0.15) is 0 Å². The molecule has 256 valence electrons. The van der Waals surface area contributed by atoms with Crippen molar-refractivity contribution in [2.45, 2.75) is 12.8 Å². The molecule has 2 aliphatic rings. The lowest BCUT2D eigenvalue weighted by atomic mass is 9.93. The summed E-state index contributed by atoms with van der Waals surface area (Å²) in [6, 6.07) is 18.7. The monoisotopic (exact) mass is 698 g/mol. The fourth-order valence-electron chi connectivity index (χ4n) is 6.49. The summed E-state index contributed by atoms with van der Waals surface area (Å²) >= 11 is 0. The molecule has 4 aromatic rings. The molecule has 4 aromatic carbocycles. The van der Waals surface area contributed by atoms with E-state index in [0.29, 0.717) is 44.5 Å². The van der Waals surface area contributed by atoms with Crippen molar-refractivity contribution in [3.8, 4) is 0 Å². The molecule has 4 amide bonds. The molecule has 0 atom stereocenters. The number of nitrogens with zero attached hydrogens (tertiary/aromatic N) is 3. The van der Waals surface area contributed by atoms with Gasteiger partial charge in [0, 0.05) is 92.9 Å². The zero-order valence-electron chi connectivity index (χ0n) is 28.1. The van der Waals surface area contributed by atoms with Crippen molar-refractivity contribution in [1.29, 1.82) is 0 Å². The third kappa shape index (κ3) is 7.14. The fourth-order valence-corrected chi connectivity index (χ4v) is 8.39. The van der Waals surface area contributed by atoms with E-state index in [4.69, 9.17) is 0 Å². The molecule has 12 heteroatoms. The van der Waals surface area contributed by atoms with E-state index in [1.807, 2.05) is 69.7 Å². The summed E-state index contributed by atoms with van der Waals surface area (Å²) in [5, 5.41) is 13.2. The summed E-state index contributed by atoms with van der Waals surface area (Å²) < 4.78 is 0. The zero-order valence-corrected chi connectivity index (χ0v) is 29.8. The van der Waals surface area contributed by atoms with E-state index >= 15 is 0 Å². The average molecular weight is 699 g/mol. The molecule has 0 bridgehead atoms. The first kappa shape index (κ1) is 34.8. The van der Waals surface area contributed by atoms with Gasteiger partial charge < -0.3 is 20.9 Å². The summed E-state index contributed by atoms with van der Waals surface area (Å²) in [5.74, 6) is -0.102. The van der Waals surface area contributed by atoms with Gasteiger partial charge in [-0.05, 0) is 83.5 Å². The van der Waals surface area contributed by atoms with Crippen LogP contribution in [-0.2, 0) is 0 Å². The Morgan fingerprint density at radius 2 is 1.04 bits per heavy atom. The van der Waals surface area contributed by atoms with E-state index in [0.717, 1.165) is 61.2 Å². The Bertz CT molecular complexity index is 1870. The van der Waals surface area contributed by atoms with Gasteiger partial charge in [0.15, 0.2) is 0 Å². The Kier molecular flexibility index (Phi) is 11.1. The highest BCUT2D eigenvalue weighted by molar-refractivity contribution is 8.76. The first-order valence-corrected chi connectivity index (χ1v) is 19.2. The van der Waals surface area contributed by atoms with Gasteiger partial charge in [-0.25, -0.2) is 0 Å². The van der Waals surface area contributed by atoms with Crippen molar-refractivity contribution < 1.29 is 19.2 Å². The lowest BCUT2D eigenvalue weighted by Gasteiger charge is -2.28. The minimum absolute atomic E-state index is 0.262. The van der Waals surface area contributed by atoms with Gasteiger partial charge >= 0.3 is 0 Å². The molecule has 10 nitrogen and oxygen atoms in total. The second kappa shape index (κ2) is 15.6. The van der Waals surface area contributed by atoms with Crippen LogP contribution in [-0.4, -0.2) is 110 Å². The van der Waals surface area contributed by atoms with Crippen molar-refractivity contribution in [1.82, 2.24) is 20.0 Å². The van der Waals surface area contributed by atoms with Gasteiger partial charge in [-0.15, -0.1) is 0 Å². The number of nitrogens with one attached hydrogen (secondary N) is 3. The summed E-state index contributed by atoms with van der Waals surface area (Å²) in [7, 11) is 9.05. The molecule has 0 fully saturated rings. The van der Waals surface area contributed by atoms with Crippen LogP contribution in [0.25, 0.3) is 21.5 Å². The standard InChI is InChI=1S/C37H42N6O4S2/c1-38-16-6-17-39-30-14-12-28-32-24(30)8-4-10-26(32)34(44)42(36(28)46)20-22-48-49-23-21-43-35(45)27-11-5-9-25-31(40-18-7-19-41(2)3)15-13-29(33(25)27)37(43)47/h4-5,8-15,38-40H,6-7,16-23H2,1-3H3. The van der Waals surface area contributed by atoms with Gasteiger partial charge in [0.05, 0.1) is 0 Å². The molecule has 2 aliphatic heterocycles. The number of anilines is 2. The Morgan fingerprint density at radius 3 is 1.49 bits per heavy atom. The molecule has 0 aliphatic carbocycles. The molecule has 0 aromatic heterocycles. The van der Waals surface area contributed by atoms with Crippen molar-refractivity contribution in [3.05, 3.63) is 82.9 Å². The SMILES string of the molecule is CNCCCNc1ccc2c3c(cccc13)C(=O)N(CCSSCCN1C(=O)c3cccc4c(NCCCN(C)C)ccc(c34)C1=O)C2=O. The van der Waals surface area contributed by atoms with Crippen LogP contribution in [0.2, 0.25) is 0 Å². The number of amides is 4. The number of benzene rings is 4. The summed E-state index contributed by atoms with van der Waals surface area (Å²) in [5.41, 5.74) is 3.98. The predicted octanol–water partition coefficient (Wildman–Crippen LogP) is 5.65. The lowest BCUT2D eigenvalue weighted by molar-refractivity contribution is 0.0605. The maximum absolute atomic E-state index is 13.5. The van der Waals surface area contributed by atoms with Crippen molar-refractivity contribution >= 4 is 78.1 Å². The highest BCUT2D eigenvalue weighted by Crippen LogP contribution is 2.36. The molecular formula is C37H42N6O4S2. The molecule has 2 heterocycles. The van der Waals surface area contributed by atoms with Crippen LogP contribution in [0.4, 0.5) is 11.4 Å². The van der Waals surface area contributed by atoms with E-state index in [9.17, 15) is 19.2 Å². The maximum atomic E-state index is 13.5. The normalized spacial score (nSPS) is 14.1. The minimum Gasteiger partial charge on any atom is -0.384 e. The maximum Gasteiger partial charge on any atom is 0.261 e. The Morgan fingerprint density at radius 1 is 0.592 bits per heavy atom. The van der Waals surface area contributed by atoms with E-state index in [-0.39, 0.29) is 36.7 Å². The molecule has 6 rings (SSSR count). The van der Waals surface area contributed by atoms with Crippen LogP contribution in [0.5, 0.6) is 0 Å². The quantitative estimate of drug-likeness (QED) is 0.0727. The van der Waals surface area contributed by atoms with Crippen LogP contribution < -0.4 is 16.0 Å². The third-order valence-electron chi connectivity index (χ3n) is 8.88. The summed E-state index contributed by atoms with van der Waals surface area (Å²) in [6.45, 7) is 3.96. The van der Waals surface area contributed by atoms with Crippen LogP contribution in [0.1, 0.15) is 54.3 Å². The number of imide groups is 2. The van der Waals surface area contributed by atoms with E-state index in [1.54, 1.807) is 12.1 Å². The second-order valence-electron chi connectivity index (χ2n) is 12.4. The molecule has 0 saturated carbocycles. The fraction of sp³-hybridized carbons (Fsp3) is 0.351. The lowest BCUT2D eigenvalue weighted by Crippen LogP contribution is -2.42. The van der Waals surface area contributed by atoms with E-state index in [2.05, 4.69) is 20.9 Å². The van der Waals surface area contributed by atoms with Gasteiger partial charge in [-0.2, -0.15) is 0 Å². The molecule has 49 heavy (non-hydrogen) atoms. The topological polar surface area (TPSA) is 114 Å². The average Bonchev–Trinajstić information content (AvgIpc) is 3.10. The zero-order chi connectivity index (χ0) is 34.5. The summed E-state index contributed by atoms with van der Waals surface area (Å²) in [6.07, 6.45) is 1.93. The number of hydrogen-bond donors (Lipinski definition) is 3. The molecular weight excluding hydrogens is 657 g/mol. The smallest absolute Gasteiger partial charge is 0.261 e. The van der Waals surface area contributed by atoms with Gasteiger partial charge in [-0.1, -0.05) is 45.9 Å². The van der Waals surface area contributed by atoms with Crippen LogP contribution in [0.3, 0.4) is 0 Å². The first-order valence-electron chi connectivity index (χ1n) is 16.7. The number of carbonyl (C=O) groups is 4. The largest absolute Gasteiger partial charge is 0.384 e. The second-order valence-corrected chi connectivity index (χ2v) is 15.1. The molecule has 0 spiro atoms. The Labute approximate surface area is 294 Å². The van der Waals surface area contributed by atoms with Crippen LogP contribution >= 0.6 is 21.6 Å². The van der Waals surface area contributed by atoms with Gasteiger partial charge in [-0.3, -0.25) is 29.0 Å². The number of rotatable bonds is 17.